The van der Waals surface area contributed by atoms with Crippen molar-refractivity contribution in [3.05, 3.63) is 64.7 Å². The Hall–Kier alpha value is -2.30. The van der Waals surface area contributed by atoms with Crippen LogP contribution in [0.3, 0.4) is 0 Å². The highest BCUT2D eigenvalue weighted by molar-refractivity contribution is 5.46. The molecule has 0 heterocycles. The van der Waals surface area contributed by atoms with Gasteiger partial charge in [0.25, 0.3) is 0 Å². The number of benzene rings is 2. The molecule has 172 valence electrons. The molecule has 0 radical (unpaired) electrons. The number of hydrogen-bond donors (Lipinski definition) is 2. The van der Waals surface area contributed by atoms with Gasteiger partial charge in [-0.05, 0) is 48.4 Å². The van der Waals surface area contributed by atoms with E-state index in [-0.39, 0.29) is 18.1 Å². The summed E-state index contributed by atoms with van der Waals surface area (Å²) in [5.74, 6) is 0. The lowest BCUT2D eigenvalue weighted by Crippen LogP contribution is -2.34. The van der Waals surface area contributed by atoms with Crippen LogP contribution in [-0.2, 0) is 29.3 Å². The summed E-state index contributed by atoms with van der Waals surface area (Å²) in [5.41, 5.74) is 2.68. The normalized spacial score (nSPS) is 15.5. The summed E-state index contributed by atoms with van der Waals surface area (Å²) in [4.78, 5) is 1.87. The molecule has 4 nitrogen and oxygen atoms in total. The minimum atomic E-state index is -4.94. The highest BCUT2D eigenvalue weighted by Gasteiger charge is 2.37. The minimum Gasteiger partial charge on any atom is -0.385 e. The van der Waals surface area contributed by atoms with E-state index in [0.717, 1.165) is 5.69 Å². The predicted octanol–water partition coefficient (Wildman–Crippen LogP) is 4.89. The lowest BCUT2D eigenvalue weighted by atomic mass is 9.91. The first-order valence-electron chi connectivity index (χ1n) is 9.25. The third-order valence-electron chi connectivity index (χ3n) is 4.72. The van der Waals surface area contributed by atoms with Gasteiger partial charge in [0.05, 0.1) is 23.3 Å². The van der Waals surface area contributed by atoms with Gasteiger partial charge < -0.3 is 20.5 Å². The van der Waals surface area contributed by atoms with Crippen LogP contribution in [0.4, 0.5) is 32.0 Å². The van der Waals surface area contributed by atoms with E-state index in [1.165, 1.54) is 6.92 Å². The van der Waals surface area contributed by atoms with E-state index in [1.807, 2.05) is 19.0 Å². The van der Waals surface area contributed by atoms with Gasteiger partial charge in [-0.25, -0.2) is 0 Å². The van der Waals surface area contributed by atoms with Gasteiger partial charge in [-0.3, -0.25) is 0 Å². The third kappa shape index (κ3) is 6.84. The maximum Gasteiger partial charge on any atom is 0.416 e. The van der Waals surface area contributed by atoms with Crippen LogP contribution < -0.4 is 10.6 Å². The second-order valence-corrected chi connectivity index (χ2v) is 7.68. The summed E-state index contributed by atoms with van der Waals surface area (Å²) >= 11 is 0. The Kier molecular flexibility index (Phi) is 7.29. The first-order valence-corrected chi connectivity index (χ1v) is 9.25. The Morgan fingerprint density at radius 1 is 0.903 bits per heavy atom. The van der Waals surface area contributed by atoms with Gasteiger partial charge in [-0.15, -0.1) is 0 Å². The molecule has 0 saturated heterocycles. The molecular weight excluding hydrogens is 426 g/mol. The molecule has 2 atom stereocenters. The van der Waals surface area contributed by atoms with Crippen molar-refractivity contribution in [1.82, 2.24) is 0 Å². The molecule has 2 aromatic carbocycles. The van der Waals surface area contributed by atoms with E-state index >= 15 is 0 Å². The van der Waals surface area contributed by atoms with E-state index in [9.17, 15) is 31.4 Å². The zero-order valence-electron chi connectivity index (χ0n) is 17.2. The molecule has 0 aliphatic carbocycles. The summed E-state index contributed by atoms with van der Waals surface area (Å²) < 4.78 is 83.0. The molecule has 0 aliphatic rings. The van der Waals surface area contributed by atoms with Crippen molar-refractivity contribution in [3.63, 3.8) is 0 Å². The highest BCUT2D eigenvalue weighted by Crippen LogP contribution is 2.36. The van der Waals surface area contributed by atoms with E-state index in [0.29, 0.717) is 17.7 Å². The SMILES string of the molecule is CN(C)c1ccc(C(C)(O)CC(N)OCc2cc(C(F)(F)F)cc(C(F)(F)F)c2)cc1. The fourth-order valence-corrected chi connectivity index (χ4v) is 2.99. The summed E-state index contributed by atoms with van der Waals surface area (Å²) in [6.45, 7) is 0.913. The van der Waals surface area contributed by atoms with E-state index < -0.39 is 41.9 Å². The van der Waals surface area contributed by atoms with Crippen molar-refractivity contribution in [3.8, 4) is 0 Å². The van der Waals surface area contributed by atoms with Crippen molar-refractivity contribution in [1.29, 1.82) is 0 Å². The summed E-state index contributed by atoms with van der Waals surface area (Å²) in [6, 6.07) is 8.19. The number of alkyl halides is 6. The zero-order valence-corrected chi connectivity index (χ0v) is 17.2. The summed E-state index contributed by atoms with van der Waals surface area (Å²) in [6.07, 6.45) is -11.1. The Morgan fingerprint density at radius 2 is 1.39 bits per heavy atom. The van der Waals surface area contributed by atoms with E-state index in [1.54, 1.807) is 24.3 Å². The van der Waals surface area contributed by atoms with Crippen molar-refractivity contribution in [2.24, 2.45) is 5.73 Å². The lowest BCUT2D eigenvalue weighted by Gasteiger charge is -2.28. The van der Waals surface area contributed by atoms with Crippen molar-refractivity contribution < 1.29 is 36.2 Å². The number of rotatable bonds is 7. The second kappa shape index (κ2) is 9.05. The van der Waals surface area contributed by atoms with Crippen LogP contribution >= 0.6 is 0 Å². The maximum atomic E-state index is 13.0. The van der Waals surface area contributed by atoms with E-state index in [4.69, 9.17) is 10.5 Å². The molecule has 0 bridgehead atoms. The molecule has 0 aromatic heterocycles. The van der Waals surface area contributed by atoms with Crippen molar-refractivity contribution in [2.75, 3.05) is 19.0 Å². The van der Waals surface area contributed by atoms with Gasteiger partial charge in [0.15, 0.2) is 0 Å². The number of aliphatic hydroxyl groups is 1. The van der Waals surface area contributed by atoms with Crippen molar-refractivity contribution in [2.45, 2.75) is 44.1 Å². The Labute approximate surface area is 176 Å². The van der Waals surface area contributed by atoms with Crippen LogP contribution in [0.2, 0.25) is 0 Å². The minimum absolute atomic E-state index is 0.0472. The third-order valence-corrected chi connectivity index (χ3v) is 4.72. The molecule has 0 amide bonds. The predicted molar refractivity (Wildman–Crippen MR) is 104 cm³/mol. The Balaban J connectivity index is 2.11. The van der Waals surface area contributed by atoms with Crippen LogP contribution in [0.25, 0.3) is 0 Å². The average Bonchev–Trinajstić information content (AvgIpc) is 2.64. The summed E-state index contributed by atoms with van der Waals surface area (Å²) in [5, 5.41) is 10.7. The van der Waals surface area contributed by atoms with Gasteiger partial charge in [-0.1, -0.05) is 12.1 Å². The topological polar surface area (TPSA) is 58.7 Å². The molecule has 0 aliphatic heterocycles. The van der Waals surface area contributed by atoms with Crippen LogP contribution in [-0.4, -0.2) is 25.4 Å². The molecule has 31 heavy (non-hydrogen) atoms. The monoisotopic (exact) mass is 450 g/mol. The standard InChI is InChI=1S/C21H24F6N2O2/c1-19(30,14-4-6-17(7-5-14)29(2)3)11-18(28)31-12-13-8-15(20(22,23)24)10-16(9-13)21(25,26)27/h4-10,18,30H,11-12,28H2,1-3H3. The van der Waals surface area contributed by atoms with Gasteiger partial charge >= 0.3 is 12.4 Å². The maximum absolute atomic E-state index is 13.0. The van der Waals surface area contributed by atoms with Crippen LogP contribution in [0.15, 0.2) is 42.5 Å². The van der Waals surface area contributed by atoms with Crippen LogP contribution in [0.5, 0.6) is 0 Å². The van der Waals surface area contributed by atoms with Crippen molar-refractivity contribution >= 4 is 5.69 Å². The Morgan fingerprint density at radius 3 is 1.81 bits per heavy atom. The molecule has 2 aromatic rings. The van der Waals surface area contributed by atoms with Gasteiger partial charge in [-0.2, -0.15) is 26.3 Å². The largest absolute Gasteiger partial charge is 0.416 e. The molecule has 0 fully saturated rings. The number of nitrogens with zero attached hydrogens (tertiary/aromatic N) is 1. The molecule has 0 spiro atoms. The average molecular weight is 450 g/mol. The number of anilines is 1. The fraction of sp³-hybridized carbons (Fsp3) is 0.429. The van der Waals surface area contributed by atoms with Crippen LogP contribution in [0.1, 0.15) is 35.6 Å². The number of hydrogen-bond acceptors (Lipinski definition) is 4. The lowest BCUT2D eigenvalue weighted by molar-refractivity contribution is -0.143. The van der Waals surface area contributed by atoms with Gasteiger partial charge in [0, 0.05) is 26.2 Å². The molecular formula is C21H24F6N2O2. The first kappa shape index (κ1) is 25.0. The van der Waals surface area contributed by atoms with Gasteiger partial charge in [0.1, 0.15) is 6.23 Å². The number of halogens is 6. The fourth-order valence-electron chi connectivity index (χ4n) is 2.99. The molecule has 10 heteroatoms. The highest BCUT2D eigenvalue weighted by atomic mass is 19.4. The zero-order chi connectivity index (χ0) is 23.6. The molecule has 3 N–H and O–H groups in total. The second-order valence-electron chi connectivity index (χ2n) is 7.68. The first-order chi connectivity index (χ1) is 14.1. The van der Waals surface area contributed by atoms with Crippen LogP contribution in [0, 0.1) is 0 Å². The Bertz CT molecular complexity index is 845. The number of ether oxygens (including phenoxy) is 1. The molecule has 2 rings (SSSR count). The summed E-state index contributed by atoms with van der Waals surface area (Å²) in [7, 11) is 3.71. The quantitative estimate of drug-likeness (QED) is 0.466. The number of nitrogens with two attached hydrogens (primary N) is 1. The molecule has 2 unspecified atom stereocenters. The molecule has 0 saturated carbocycles. The smallest absolute Gasteiger partial charge is 0.385 e. The van der Waals surface area contributed by atoms with Gasteiger partial charge in [0.2, 0.25) is 0 Å². The van der Waals surface area contributed by atoms with E-state index in [2.05, 4.69) is 0 Å².